The molecule has 9 heteroatoms. The molecule has 1 atom stereocenters. The quantitative estimate of drug-likeness (QED) is 0.483. The van der Waals surface area contributed by atoms with Crippen LogP contribution < -0.4 is 15.2 Å². The van der Waals surface area contributed by atoms with E-state index >= 15 is 0 Å². The molecule has 0 saturated heterocycles. The number of benzene rings is 3. The summed E-state index contributed by atoms with van der Waals surface area (Å²) < 4.78 is 45.2. The predicted octanol–water partition coefficient (Wildman–Crippen LogP) is 3.47. The number of ether oxygens (including phenoxy) is 2. The first kappa shape index (κ1) is 21.3. The molecule has 2 heterocycles. The molecule has 5 rings (SSSR count). The molecule has 0 unspecified atom stereocenters. The molecular weight excluding hydrogens is 444 g/mol. The van der Waals surface area contributed by atoms with E-state index in [2.05, 4.69) is 4.98 Å². The average molecular weight is 467 g/mol. The number of fused-ring (bicyclic) bond motifs is 2. The molecule has 1 aromatic heterocycles. The lowest BCUT2D eigenvalue weighted by Gasteiger charge is -2.37. The lowest BCUT2D eigenvalue weighted by atomic mass is 9.89. The van der Waals surface area contributed by atoms with Gasteiger partial charge in [-0.2, -0.15) is 4.31 Å². The highest BCUT2D eigenvalue weighted by molar-refractivity contribution is 7.89. The minimum Gasteiger partial charge on any atom is -0.493 e. The Bertz CT molecular complexity index is 1490. The van der Waals surface area contributed by atoms with Crippen molar-refractivity contribution in [2.24, 2.45) is 0 Å². The Morgan fingerprint density at radius 1 is 1.00 bits per heavy atom. The van der Waals surface area contributed by atoms with Gasteiger partial charge in [0.05, 0.1) is 30.7 Å². The first-order valence-corrected chi connectivity index (χ1v) is 11.8. The maximum atomic E-state index is 13.8. The molecule has 0 amide bonds. The summed E-state index contributed by atoms with van der Waals surface area (Å²) in [4.78, 5) is 14.1. The van der Waals surface area contributed by atoms with Crippen LogP contribution in [0.15, 0.2) is 74.8 Å². The zero-order chi connectivity index (χ0) is 23.2. The van der Waals surface area contributed by atoms with Crippen molar-refractivity contribution in [1.29, 1.82) is 0 Å². The molecule has 8 nitrogen and oxygen atoms in total. The Kier molecular flexibility index (Phi) is 5.22. The lowest BCUT2D eigenvalue weighted by molar-refractivity contribution is 0.332. The number of nitrogens with one attached hydrogen (secondary N) is 1. The summed E-state index contributed by atoms with van der Waals surface area (Å²) in [5, 5.41) is 0. The SMILES string of the molecule is COc1cc2c(cc1OC)[C@H](c1ccccc1)N(S(=O)(=O)c1ccc3[nH]c(=O)oc3c1)CC2. The number of H-pyrrole nitrogens is 1. The fourth-order valence-electron chi connectivity index (χ4n) is 4.38. The van der Waals surface area contributed by atoms with Crippen molar-refractivity contribution in [3.63, 3.8) is 0 Å². The van der Waals surface area contributed by atoms with Crippen LogP contribution in [-0.4, -0.2) is 38.5 Å². The van der Waals surface area contributed by atoms with Crippen LogP contribution in [0.3, 0.4) is 0 Å². The number of rotatable bonds is 5. The number of hydrogen-bond donors (Lipinski definition) is 1. The summed E-state index contributed by atoms with van der Waals surface area (Å²) in [5.41, 5.74) is 3.31. The number of aromatic amines is 1. The zero-order valence-corrected chi connectivity index (χ0v) is 18.9. The molecule has 1 N–H and O–H groups in total. The van der Waals surface area contributed by atoms with E-state index in [4.69, 9.17) is 13.9 Å². The molecule has 1 aliphatic heterocycles. The Morgan fingerprint density at radius 2 is 1.73 bits per heavy atom. The van der Waals surface area contributed by atoms with Crippen LogP contribution in [0.25, 0.3) is 11.1 Å². The van der Waals surface area contributed by atoms with Gasteiger partial charge in [0.2, 0.25) is 10.0 Å². The third kappa shape index (κ3) is 3.59. The zero-order valence-electron chi connectivity index (χ0n) is 18.1. The molecular formula is C24H22N2O6S. The van der Waals surface area contributed by atoms with Crippen molar-refractivity contribution >= 4 is 21.1 Å². The summed E-state index contributed by atoms with van der Waals surface area (Å²) in [6.07, 6.45) is 0.514. The number of nitrogens with zero attached hydrogens (tertiary/aromatic N) is 1. The summed E-state index contributed by atoms with van der Waals surface area (Å²) >= 11 is 0. The summed E-state index contributed by atoms with van der Waals surface area (Å²) in [6, 6.07) is 17.1. The van der Waals surface area contributed by atoms with Crippen molar-refractivity contribution in [2.75, 3.05) is 20.8 Å². The number of hydrogen-bond acceptors (Lipinski definition) is 6. The molecule has 0 saturated carbocycles. The van der Waals surface area contributed by atoms with Crippen molar-refractivity contribution in [1.82, 2.24) is 9.29 Å². The Labute approximate surface area is 190 Å². The highest BCUT2D eigenvalue weighted by Crippen LogP contribution is 2.43. The Balaban J connectivity index is 1.68. The van der Waals surface area contributed by atoms with E-state index in [1.54, 1.807) is 14.2 Å². The van der Waals surface area contributed by atoms with E-state index in [0.29, 0.717) is 23.4 Å². The standard InChI is InChI=1S/C24H22N2O6S/c1-30-21-12-16-10-11-26(23(15-6-4-3-5-7-15)18(16)14-22(21)31-2)33(28,29)17-8-9-19-20(13-17)32-24(27)25-19/h3-9,12-14,23H,10-11H2,1-2H3,(H,25,27)/t23-/m0/s1. The molecule has 170 valence electrons. The van der Waals surface area contributed by atoms with E-state index in [9.17, 15) is 13.2 Å². The second-order valence-electron chi connectivity index (χ2n) is 7.76. The van der Waals surface area contributed by atoms with Gasteiger partial charge in [-0.15, -0.1) is 0 Å². The third-order valence-corrected chi connectivity index (χ3v) is 7.80. The summed E-state index contributed by atoms with van der Waals surface area (Å²) in [5.74, 6) is 0.508. The predicted molar refractivity (Wildman–Crippen MR) is 122 cm³/mol. The number of sulfonamides is 1. The second kappa shape index (κ2) is 8.09. The molecule has 0 spiro atoms. The highest BCUT2D eigenvalue weighted by Gasteiger charge is 2.38. The minimum atomic E-state index is -3.93. The van der Waals surface area contributed by atoms with Gasteiger partial charge in [-0.25, -0.2) is 13.2 Å². The highest BCUT2D eigenvalue weighted by atomic mass is 32.2. The Hall–Kier alpha value is -3.56. The van der Waals surface area contributed by atoms with Crippen LogP contribution in [0.1, 0.15) is 22.7 Å². The van der Waals surface area contributed by atoms with E-state index in [0.717, 1.165) is 16.7 Å². The van der Waals surface area contributed by atoms with Crippen LogP contribution in [0, 0.1) is 0 Å². The van der Waals surface area contributed by atoms with Gasteiger partial charge in [0.25, 0.3) is 0 Å². The van der Waals surface area contributed by atoms with Crippen LogP contribution in [0.4, 0.5) is 0 Å². The van der Waals surface area contributed by atoms with Crippen LogP contribution >= 0.6 is 0 Å². The fourth-order valence-corrected chi connectivity index (χ4v) is 6.00. The average Bonchev–Trinajstić information content (AvgIpc) is 3.22. The van der Waals surface area contributed by atoms with Crippen molar-refractivity contribution in [3.8, 4) is 11.5 Å². The van der Waals surface area contributed by atoms with Gasteiger partial charge in [-0.3, -0.25) is 4.98 Å². The largest absolute Gasteiger partial charge is 0.493 e. The molecule has 4 aromatic rings. The molecule has 0 bridgehead atoms. The van der Waals surface area contributed by atoms with Crippen LogP contribution in [0.5, 0.6) is 11.5 Å². The van der Waals surface area contributed by atoms with E-state index in [1.807, 2.05) is 42.5 Å². The maximum Gasteiger partial charge on any atom is 0.417 e. The summed E-state index contributed by atoms with van der Waals surface area (Å²) in [7, 11) is -0.802. The lowest BCUT2D eigenvalue weighted by Crippen LogP contribution is -2.40. The number of methoxy groups -OCH3 is 2. The van der Waals surface area contributed by atoms with E-state index in [1.165, 1.54) is 22.5 Å². The van der Waals surface area contributed by atoms with Gasteiger partial charge < -0.3 is 13.9 Å². The Morgan fingerprint density at radius 3 is 2.45 bits per heavy atom. The van der Waals surface area contributed by atoms with E-state index < -0.39 is 21.8 Å². The smallest absolute Gasteiger partial charge is 0.417 e. The molecule has 0 radical (unpaired) electrons. The van der Waals surface area contributed by atoms with Crippen molar-refractivity contribution in [3.05, 3.63) is 87.9 Å². The van der Waals surface area contributed by atoms with Gasteiger partial charge >= 0.3 is 5.76 Å². The summed E-state index contributed by atoms with van der Waals surface area (Å²) in [6.45, 7) is 0.277. The van der Waals surface area contributed by atoms with E-state index in [-0.39, 0.29) is 17.0 Å². The van der Waals surface area contributed by atoms with Gasteiger partial charge in [0, 0.05) is 12.6 Å². The van der Waals surface area contributed by atoms with Gasteiger partial charge in [0.1, 0.15) is 0 Å². The van der Waals surface area contributed by atoms with Crippen LogP contribution in [0.2, 0.25) is 0 Å². The first-order chi connectivity index (χ1) is 15.9. The molecule has 1 aliphatic rings. The topological polar surface area (TPSA) is 102 Å². The monoisotopic (exact) mass is 466 g/mol. The first-order valence-electron chi connectivity index (χ1n) is 10.4. The minimum absolute atomic E-state index is 0.0580. The molecule has 0 fully saturated rings. The van der Waals surface area contributed by atoms with Gasteiger partial charge in [0.15, 0.2) is 17.1 Å². The van der Waals surface area contributed by atoms with Crippen molar-refractivity contribution < 1.29 is 22.3 Å². The van der Waals surface area contributed by atoms with Gasteiger partial charge in [-0.1, -0.05) is 30.3 Å². The molecule has 33 heavy (non-hydrogen) atoms. The molecule has 3 aromatic carbocycles. The maximum absolute atomic E-state index is 13.8. The van der Waals surface area contributed by atoms with Crippen molar-refractivity contribution in [2.45, 2.75) is 17.4 Å². The number of aromatic nitrogens is 1. The second-order valence-corrected chi connectivity index (χ2v) is 9.65. The van der Waals surface area contributed by atoms with Gasteiger partial charge in [-0.05, 0) is 47.4 Å². The third-order valence-electron chi connectivity index (χ3n) is 5.94. The molecule has 0 aliphatic carbocycles. The normalized spacial score (nSPS) is 16.5. The fraction of sp³-hybridized carbons (Fsp3) is 0.208. The van der Waals surface area contributed by atoms with Crippen LogP contribution in [-0.2, 0) is 16.4 Å². The number of oxazole rings is 1.